The van der Waals surface area contributed by atoms with Crippen LogP contribution in [0.15, 0.2) is 20.1 Å². The maximum absolute atomic E-state index is 11.7. The van der Waals surface area contributed by atoms with Crippen molar-refractivity contribution in [1.82, 2.24) is 4.72 Å². The van der Waals surface area contributed by atoms with Crippen molar-refractivity contribution in [2.75, 3.05) is 6.54 Å². The predicted octanol–water partition coefficient (Wildman–Crippen LogP) is 1.53. The van der Waals surface area contributed by atoms with Gasteiger partial charge in [0.25, 0.3) is 10.0 Å². The fourth-order valence-corrected chi connectivity index (χ4v) is 4.39. The molecule has 1 aromatic rings. The minimum atomic E-state index is -3.38. The Hall–Kier alpha value is 0.0500. The maximum Gasteiger partial charge on any atom is 0.251 e. The molecule has 0 aliphatic carbocycles. The van der Waals surface area contributed by atoms with Gasteiger partial charge in [-0.1, -0.05) is 0 Å². The Morgan fingerprint density at radius 3 is 2.80 bits per heavy atom. The van der Waals surface area contributed by atoms with Crippen molar-refractivity contribution < 1.29 is 8.42 Å². The van der Waals surface area contributed by atoms with E-state index in [9.17, 15) is 8.42 Å². The molecule has 1 atom stereocenters. The summed E-state index contributed by atoms with van der Waals surface area (Å²) in [5, 5.41) is 1.73. The van der Waals surface area contributed by atoms with Crippen LogP contribution >= 0.6 is 27.3 Å². The van der Waals surface area contributed by atoms with Gasteiger partial charge in [0.15, 0.2) is 0 Å². The summed E-state index contributed by atoms with van der Waals surface area (Å²) < 4.78 is 26.9. The third-order valence-corrected chi connectivity index (χ3v) is 5.85. The highest BCUT2D eigenvalue weighted by Gasteiger charge is 2.18. The second kappa shape index (κ2) is 5.40. The molecule has 0 fully saturated rings. The summed E-state index contributed by atoms with van der Waals surface area (Å²) in [5.41, 5.74) is 5.53. The summed E-state index contributed by atoms with van der Waals surface area (Å²) in [6, 6.07) is 1.71. The number of sulfonamides is 1. The molecular formula is C8H13BrN2O2S2. The molecule has 4 nitrogen and oxygen atoms in total. The third kappa shape index (κ3) is 3.84. The van der Waals surface area contributed by atoms with Crippen molar-refractivity contribution in [3.8, 4) is 0 Å². The smallest absolute Gasteiger partial charge is 0.251 e. The molecule has 3 N–H and O–H groups in total. The van der Waals surface area contributed by atoms with Crippen LogP contribution in [0, 0.1) is 0 Å². The predicted molar refractivity (Wildman–Crippen MR) is 65.5 cm³/mol. The van der Waals surface area contributed by atoms with Gasteiger partial charge in [0.05, 0.1) is 0 Å². The largest absolute Gasteiger partial charge is 0.328 e. The number of nitrogens with two attached hydrogens (primary N) is 1. The lowest BCUT2D eigenvalue weighted by Crippen LogP contribution is -2.28. The van der Waals surface area contributed by atoms with Gasteiger partial charge in [0.1, 0.15) is 4.21 Å². The molecule has 0 amide bonds. The number of thiophene rings is 1. The first kappa shape index (κ1) is 13.1. The van der Waals surface area contributed by atoms with Crippen LogP contribution in [0.4, 0.5) is 0 Å². The minimum absolute atomic E-state index is 0.000485. The first-order chi connectivity index (χ1) is 6.93. The van der Waals surface area contributed by atoms with Gasteiger partial charge < -0.3 is 5.73 Å². The highest BCUT2D eigenvalue weighted by atomic mass is 79.9. The molecule has 0 spiro atoms. The van der Waals surface area contributed by atoms with Gasteiger partial charge in [-0.25, -0.2) is 13.1 Å². The molecule has 1 heterocycles. The fourth-order valence-electron chi connectivity index (χ4n) is 0.958. The lowest BCUT2D eigenvalue weighted by atomic mass is 10.3. The van der Waals surface area contributed by atoms with Crippen LogP contribution in [0.1, 0.15) is 13.3 Å². The Balaban J connectivity index is 2.65. The number of halogens is 1. The van der Waals surface area contributed by atoms with E-state index in [1.165, 1.54) is 11.3 Å². The molecule has 0 aliphatic heterocycles. The van der Waals surface area contributed by atoms with Gasteiger partial charge in [-0.05, 0) is 40.7 Å². The summed E-state index contributed by atoms with van der Waals surface area (Å²) in [6.45, 7) is 2.21. The summed E-state index contributed by atoms with van der Waals surface area (Å²) in [4.78, 5) is 0. The van der Waals surface area contributed by atoms with E-state index in [-0.39, 0.29) is 6.04 Å². The first-order valence-corrected chi connectivity index (χ1v) is 7.57. The van der Waals surface area contributed by atoms with Crippen molar-refractivity contribution in [3.05, 3.63) is 15.9 Å². The van der Waals surface area contributed by atoms with E-state index in [1.807, 2.05) is 6.92 Å². The Labute approximate surface area is 102 Å². The quantitative estimate of drug-likeness (QED) is 0.866. The summed E-state index contributed by atoms with van der Waals surface area (Å²) in [5.74, 6) is 0. The zero-order chi connectivity index (χ0) is 11.5. The van der Waals surface area contributed by atoms with E-state index in [2.05, 4.69) is 20.7 Å². The monoisotopic (exact) mass is 312 g/mol. The van der Waals surface area contributed by atoms with Gasteiger partial charge in [0.2, 0.25) is 0 Å². The zero-order valence-electron chi connectivity index (χ0n) is 8.23. The Kier molecular flexibility index (Phi) is 4.72. The van der Waals surface area contributed by atoms with Gasteiger partial charge in [-0.2, -0.15) is 0 Å². The van der Waals surface area contributed by atoms with Crippen molar-refractivity contribution in [2.45, 2.75) is 23.6 Å². The van der Waals surface area contributed by atoms with Crippen molar-refractivity contribution in [1.29, 1.82) is 0 Å². The number of rotatable bonds is 5. The Morgan fingerprint density at radius 1 is 1.67 bits per heavy atom. The van der Waals surface area contributed by atoms with Crippen molar-refractivity contribution >= 4 is 37.3 Å². The van der Waals surface area contributed by atoms with E-state index in [0.717, 1.165) is 0 Å². The number of hydrogen-bond donors (Lipinski definition) is 2. The van der Waals surface area contributed by atoms with Gasteiger partial charge in [-0.3, -0.25) is 0 Å². The SMILES string of the molecule is CC(N)CCNS(=O)(=O)c1sccc1Br. The van der Waals surface area contributed by atoms with Crippen LogP contribution in [0.2, 0.25) is 0 Å². The minimum Gasteiger partial charge on any atom is -0.328 e. The molecule has 1 rings (SSSR count). The molecule has 0 aromatic carbocycles. The second-order valence-corrected chi connectivity index (χ2v) is 6.95. The van der Waals surface area contributed by atoms with Crippen LogP contribution in [0.5, 0.6) is 0 Å². The van der Waals surface area contributed by atoms with E-state index < -0.39 is 10.0 Å². The van der Waals surface area contributed by atoms with Crippen molar-refractivity contribution in [3.63, 3.8) is 0 Å². The fraction of sp³-hybridized carbons (Fsp3) is 0.500. The van der Waals surface area contributed by atoms with Gasteiger partial charge >= 0.3 is 0 Å². The molecular weight excluding hydrogens is 300 g/mol. The summed E-state index contributed by atoms with van der Waals surface area (Å²) in [6.07, 6.45) is 0.627. The molecule has 0 saturated heterocycles. The first-order valence-electron chi connectivity index (χ1n) is 4.41. The highest BCUT2D eigenvalue weighted by molar-refractivity contribution is 9.10. The van der Waals surface area contributed by atoms with E-state index in [0.29, 0.717) is 21.6 Å². The molecule has 15 heavy (non-hydrogen) atoms. The number of nitrogens with one attached hydrogen (secondary N) is 1. The van der Waals surface area contributed by atoms with E-state index in [4.69, 9.17) is 5.73 Å². The van der Waals surface area contributed by atoms with Crippen LogP contribution in [0.25, 0.3) is 0 Å². The molecule has 86 valence electrons. The van der Waals surface area contributed by atoms with E-state index in [1.54, 1.807) is 11.4 Å². The van der Waals surface area contributed by atoms with Crippen LogP contribution < -0.4 is 10.5 Å². The summed E-state index contributed by atoms with van der Waals surface area (Å²) >= 11 is 4.38. The van der Waals surface area contributed by atoms with Crippen molar-refractivity contribution in [2.24, 2.45) is 5.73 Å². The molecule has 1 aromatic heterocycles. The molecule has 1 unspecified atom stereocenters. The molecule has 0 saturated carbocycles. The normalized spacial score (nSPS) is 14.1. The second-order valence-electron chi connectivity index (χ2n) is 3.22. The van der Waals surface area contributed by atoms with Crippen LogP contribution in [-0.2, 0) is 10.0 Å². The van der Waals surface area contributed by atoms with Gasteiger partial charge in [0, 0.05) is 17.1 Å². The molecule has 0 aliphatic rings. The Morgan fingerprint density at radius 2 is 2.33 bits per heavy atom. The van der Waals surface area contributed by atoms with E-state index >= 15 is 0 Å². The lowest BCUT2D eigenvalue weighted by Gasteiger charge is -2.07. The standard InChI is InChI=1S/C8H13BrN2O2S2/c1-6(10)2-4-11-15(12,13)8-7(9)3-5-14-8/h3,5-6,11H,2,4,10H2,1H3. The van der Waals surface area contributed by atoms with Crippen LogP contribution in [0.3, 0.4) is 0 Å². The highest BCUT2D eigenvalue weighted by Crippen LogP contribution is 2.27. The Bertz CT molecular complexity index is 414. The van der Waals surface area contributed by atoms with Gasteiger partial charge in [-0.15, -0.1) is 11.3 Å². The molecule has 0 bridgehead atoms. The topological polar surface area (TPSA) is 72.2 Å². The van der Waals surface area contributed by atoms with Crippen LogP contribution in [-0.4, -0.2) is 21.0 Å². The maximum atomic E-state index is 11.7. The molecule has 0 radical (unpaired) electrons. The molecule has 7 heteroatoms. The third-order valence-electron chi connectivity index (χ3n) is 1.72. The summed E-state index contributed by atoms with van der Waals surface area (Å²) in [7, 11) is -3.38. The average molecular weight is 313 g/mol. The lowest BCUT2D eigenvalue weighted by molar-refractivity contribution is 0.573. The number of hydrogen-bond acceptors (Lipinski definition) is 4. The average Bonchev–Trinajstić information content (AvgIpc) is 2.50. The zero-order valence-corrected chi connectivity index (χ0v) is 11.5.